The first-order valence-corrected chi connectivity index (χ1v) is 3.44. The molecule has 1 rings (SSSR count). The molecule has 6 nitrogen and oxygen atoms in total. The van der Waals surface area contributed by atoms with Gasteiger partial charge in [0.1, 0.15) is 5.95 Å². The highest BCUT2D eigenvalue weighted by molar-refractivity contribution is 5.66. The standard InChI is InChI=1S/C6H8N2O4/c9-5(10)2-1-3-8-4-6(11)12-7-8/h4H,1-3H2,(H-,7,9,10,11). The molecular weight excluding hydrogens is 164 g/mol. The lowest BCUT2D eigenvalue weighted by molar-refractivity contribution is -0.762. The summed E-state index contributed by atoms with van der Waals surface area (Å²) < 4.78 is 5.52. The van der Waals surface area contributed by atoms with Gasteiger partial charge in [0.15, 0.2) is 6.54 Å². The van der Waals surface area contributed by atoms with Crippen LogP contribution in [0.1, 0.15) is 12.8 Å². The molecule has 1 heterocycles. The van der Waals surface area contributed by atoms with Crippen molar-refractivity contribution in [1.29, 1.82) is 0 Å². The van der Waals surface area contributed by atoms with Crippen LogP contribution in [0.15, 0.2) is 10.7 Å². The Morgan fingerprint density at radius 2 is 2.58 bits per heavy atom. The quantitative estimate of drug-likeness (QED) is 0.582. The van der Waals surface area contributed by atoms with E-state index in [0.29, 0.717) is 13.0 Å². The Bertz CT molecular complexity index is 270. The zero-order valence-electron chi connectivity index (χ0n) is 6.27. The van der Waals surface area contributed by atoms with E-state index in [9.17, 15) is 9.90 Å². The molecule has 1 aromatic rings. The molecule has 0 aliphatic rings. The Hall–Kier alpha value is -1.59. The van der Waals surface area contributed by atoms with Crippen molar-refractivity contribution < 1.29 is 24.2 Å². The normalized spacial score (nSPS) is 10.0. The monoisotopic (exact) mass is 172 g/mol. The zero-order valence-corrected chi connectivity index (χ0v) is 6.27. The molecule has 0 bridgehead atoms. The van der Waals surface area contributed by atoms with Crippen molar-refractivity contribution in [2.45, 2.75) is 19.4 Å². The maximum atomic E-state index is 10.4. The van der Waals surface area contributed by atoms with Crippen LogP contribution in [0.25, 0.3) is 0 Å². The van der Waals surface area contributed by atoms with Crippen LogP contribution in [0.5, 0.6) is 5.95 Å². The molecule has 12 heavy (non-hydrogen) atoms. The first-order chi connectivity index (χ1) is 5.68. The number of rotatable bonds is 4. The van der Waals surface area contributed by atoms with E-state index < -0.39 is 11.9 Å². The molecule has 66 valence electrons. The number of aryl methyl sites for hydroxylation is 1. The molecule has 0 radical (unpaired) electrons. The Morgan fingerprint density at radius 3 is 3.08 bits per heavy atom. The van der Waals surface area contributed by atoms with Crippen LogP contribution in [0.4, 0.5) is 0 Å². The Kier molecular flexibility index (Phi) is 2.62. The summed E-state index contributed by atoms with van der Waals surface area (Å²) >= 11 is 0. The lowest BCUT2D eigenvalue weighted by Gasteiger charge is -1.87. The van der Waals surface area contributed by atoms with Crippen molar-refractivity contribution in [3.8, 4) is 5.95 Å². The van der Waals surface area contributed by atoms with Crippen LogP contribution in [-0.2, 0) is 11.3 Å². The molecule has 0 atom stereocenters. The molecule has 0 aliphatic heterocycles. The minimum atomic E-state index is -0.860. The predicted molar refractivity (Wildman–Crippen MR) is 33.0 cm³/mol. The topological polar surface area (TPSA) is 90.3 Å². The first-order valence-electron chi connectivity index (χ1n) is 3.44. The van der Waals surface area contributed by atoms with Crippen LogP contribution < -0.4 is 9.79 Å². The van der Waals surface area contributed by atoms with Gasteiger partial charge in [-0.15, -0.1) is 0 Å². The zero-order chi connectivity index (χ0) is 8.97. The second-order valence-electron chi connectivity index (χ2n) is 2.28. The maximum Gasteiger partial charge on any atom is 0.303 e. The summed E-state index contributed by atoms with van der Waals surface area (Å²) in [6, 6.07) is 0. The van der Waals surface area contributed by atoms with Crippen LogP contribution in [0, 0.1) is 0 Å². The third kappa shape index (κ3) is 2.57. The largest absolute Gasteiger partial charge is 0.539 e. The number of carboxylic acid groups (broad SMARTS) is 1. The van der Waals surface area contributed by atoms with Gasteiger partial charge in [0.25, 0.3) is 0 Å². The summed E-state index contributed by atoms with van der Waals surface area (Å²) in [6.07, 6.45) is 1.68. The van der Waals surface area contributed by atoms with E-state index in [4.69, 9.17) is 5.11 Å². The summed E-state index contributed by atoms with van der Waals surface area (Å²) in [4.78, 5) is 10.1. The van der Waals surface area contributed by atoms with Gasteiger partial charge >= 0.3 is 5.97 Å². The third-order valence-corrected chi connectivity index (χ3v) is 1.27. The van der Waals surface area contributed by atoms with Crippen LogP contribution in [0.2, 0.25) is 0 Å². The summed E-state index contributed by atoms with van der Waals surface area (Å²) in [5.74, 6) is -1.38. The molecule has 1 N–H and O–H groups in total. The second-order valence-corrected chi connectivity index (χ2v) is 2.28. The van der Waals surface area contributed by atoms with E-state index in [1.54, 1.807) is 0 Å². The highest BCUT2D eigenvalue weighted by Gasteiger charge is 2.04. The molecule has 0 spiro atoms. The Balaban J connectivity index is 2.29. The van der Waals surface area contributed by atoms with E-state index in [0.717, 1.165) is 0 Å². The van der Waals surface area contributed by atoms with Crippen LogP contribution in [0.3, 0.4) is 0 Å². The van der Waals surface area contributed by atoms with E-state index in [1.807, 2.05) is 0 Å². The second kappa shape index (κ2) is 3.70. The highest BCUT2D eigenvalue weighted by atomic mass is 16.6. The molecule has 0 aliphatic carbocycles. The van der Waals surface area contributed by atoms with Crippen molar-refractivity contribution in [2.24, 2.45) is 0 Å². The third-order valence-electron chi connectivity index (χ3n) is 1.27. The molecule has 0 aromatic carbocycles. The smallest absolute Gasteiger partial charge is 0.303 e. The molecule has 0 saturated carbocycles. The number of aromatic nitrogens is 2. The average molecular weight is 172 g/mol. The minimum absolute atomic E-state index is 0.0635. The fourth-order valence-corrected chi connectivity index (χ4v) is 0.759. The molecule has 1 aromatic heterocycles. The van der Waals surface area contributed by atoms with E-state index in [2.05, 4.69) is 9.79 Å². The van der Waals surface area contributed by atoms with Gasteiger partial charge in [-0.3, -0.25) is 4.79 Å². The summed E-state index contributed by atoms with van der Waals surface area (Å²) in [7, 11) is 0. The van der Waals surface area contributed by atoms with Gasteiger partial charge in [0, 0.05) is 6.42 Å². The summed E-state index contributed by atoms with van der Waals surface area (Å²) in [6.45, 7) is 0.387. The van der Waals surface area contributed by atoms with Gasteiger partial charge < -0.3 is 14.7 Å². The minimum Gasteiger partial charge on any atom is -0.539 e. The van der Waals surface area contributed by atoms with E-state index in [-0.39, 0.29) is 6.42 Å². The van der Waals surface area contributed by atoms with Gasteiger partial charge in [-0.05, 0) is 0 Å². The Labute approximate surface area is 68.0 Å². The average Bonchev–Trinajstić information content (AvgIpc) is 2.35. The Morgan fingerprint density at radius 1 is 1.83 bits per heavy atom. The van der Waals surface area contributed by atoms with Crippen LogP contribution >= 0.6 is 0 Å². The number of nitrogens with zero attached hydrogens (tertiary/aromatic N) is 2. The molecule has 0 fully saturated rings. The fraction of sp³-hybridized carbons (Fsp3) is 0.500. The number of aliphatic carboxylic acids is 1. The van der Waals surface area contributed by atoms with Gasteiger partial charge in [0.2, 0.25) is 6.20 Å². The lowest BCUT2D eigenvalue weighted by atomic mass is 10.3. The highest BCUT2D eigenvalue weighted by Crippen LogP contribution is 1.94. The van der Waals surface area contributed by atoms with Gasteiger partial charge in [0.05, 0.1) is 11.7 Å². The number of carbonyl (C=O) groups is 1. The SMILES string of the molecule is O=C(O)CCC[n+]1cc([O-])on1. The van der Waals surface area contributed by atoms with Gasteiger partial charge in [-0.1, -0.05) is 4.68 Å². The lowest BCUT2D eigenvalue weighted by Crippen LogP contribution is -2.34. The molecule has 0 unspecified atom stereocenters. The predicted octanol–water partition coefficient (Wildman–Crippen LogP) is -1.10. The molecule has 6 heteroatoms. The van der Waals surface area contributed by atoms with E-state index in [1.165, 1.54) is 10.9 Å². The van der Waals surface area contributed by atoms with Crippen molar-refractivity contribution in [3.05, 3.63) is 6.20 Å². The molecular formula is C6H8N2O4. The number of hydrogen-bond acceptors (Lipinski definition) is 4. The van der Waals surface area contributed by atoms with Gasteiger partial charge in [-0.2, -0.15) is 0 Å². The first kappa shape index (κ1) is 8.51. The number of carboxylic acids is 1. The van der Waals surface area contributed by atoms with Crippen molar-refractivity contribution >= 4 is 5.97 Å². The molecule has 0 saturated heterocycles. The van der Waals surface area contributed by atoms with Crippen molar-refractivity contribution in [1.82, 2.24) is 5.27 Å². The fourth-order valence-electron chi connectivity index (χ4n) is 0.759. The molecule has 0 amide bonds. The summed E-state index contributed by atoms with van der Waals surface area (Å²) in [5.41, 5.74) is 0. The van der Waals surface area contributed by atoms with Crippen LogP contribution in [-0.4, -0.2) is 16.3 Å². The van der Waals surface area contributed by atoms with Crippen molar-refractivity contribution in [3.63, 3.8) is 0 Å². The maximum absolute atomic E-state index is 10.4. The van der Waals surface area contributed by atoms with Crippen molar-refractivity contribution in [2.75, 3.05) is 0 Å². The number of hydrogen-bond donors (Lipinski definition) is 1. The van der Waals surface area contributed by atoms with E-state index >= 15 is 0 Å². The van der Waals surface area contributed by atoms with Gasteiger partial charge in [-0.25, -0.2) is 0 Å². The summed E-state index contributed by atoms with van der Waals surface area (Å²) in [5, 5.41) is 22.1.